The highest BCUT2D eigenvalue weighted by atomic mass is 79.9. The molecule has 2 aromatic rings. The van der Waals surface area contributed by atoms with Crippen LogP contribution in [0.25, 0.3) is 0 Å². The SMILES string of the molecule is Cc1ccccc1CN(C)C(=O)c1sccc1Br. The molecule has 0 aliphatic heterocycles. The second-order valence-electron chi connectivity index (χ2n) is 4.19. The van der Waals surface area contributed by atoms with E-state index in [1.165, 1.54) is 22.5 Å². The third-order valence-electron chi connectivity index (χ3n) is 2.83. The molecule has 0 spiro atoms. The molecule has 2 nitrogen and oxygen atoms in total. The van der Waals surface area contributed by atoms with Gasteiger partial charge in [0.1, 0.15) is 4.88 Å². The summed E-state index contributed by atoms with van der Waals surface area (Å²) in [6.45, 7) is 2.70. The summed E-state index contributed by atoms with van der Waals surface area (Å²) in [6, 6.07) is 10.0. The molecule has 0 saturated carbocycles. The standard InChI is InChI=1S/C14H14BrNOS/c1-10-5-3-4-6-11(10)9-16(2)14(17)13-12(15)7-8-18-13/h3-8H,9H2,1-2H3. The van der Waals surface area contributed by atoms with Crippen molar-refractivity contribution in [3.05, 3.63) is 56.2 Å². The zero-order valence-electron chi connectivity index (χ0n) is 10.3. The van der Waals surface area contributed by atoms with Crippen LogP contribution in [0.1, 0.15) is 20.8 Å². The molecular formula is C14H14BrNOS. The summed E-state index contributed by atoms with van der Waals surface area (Å²) in [5.74, 6) is 0.0557. The van der Waals surface area contributed by atoms with Crippen LogP contribution in [-0.2, 0) is 6.54 Å². The fraction of sp³-hybridized carbons (Fsp3) is 0.214. The van der Waals surface area contributed by atoms with Crippen LogP contribution < -0.4 is 0 Å². The zero-order chi connectivity index (χ0) is 13.1. The summed E-state index contributed by atoms with van der Waals surface area (Å²) >= 11 is 4.86. The molecule has 0 saturated heterocycles. The molecule has 1 aromatic heterocycles. The van der Waals surface area contributed by atoms with E-state index in [4.69, 9.17) is 0 Å². The Bertz CT molecular complexity index is 564. The first-order valence-electron chi connectivity index (χ1n) is 5.62. The van der Waals surface area contributed by atoms with Crippen molar-refractivity contribution >= 4 is 33.2 Å². The molecule has 0 fully saturated rings. The number of hydrogen-bond donors (Lipinski definition) is 0. The van der Waals surface area contributed by atoms with Gasteiger partial charge in [0.2, 0.25) is 0 Å². The Labute approximate surface area is 119 Å². The number of benzene rings is 1. The summed E-state index contributed by atoms with van der Waals surface area (Å²) in [5.41, 5.74) is 2.39. The predicted octanol–water partition coefficient (Wildman–Crippen LogP) is 4.09. The highest BCUT2D eigenvalue weighted by molar-refractivity contribution is 9.10. The second kappa shape index (κ2) is 5.67. The molecule has 0 aliphatic carbocycles. The van der Waals surface area contributed by atoms with Crippen LogP contribution in [0.4, 0.5) is 0 Å². The van der Waals surface area contributed by atoms with Gasteiger partial charge >= 0.3 is 0 Å². The van der Waals surface area contributed by atoms with E-state index in [1.54, 1.807) is 4.90 Å². The summed E-state index contributed by atoms with van der Waals surface area (Å²) in [4.78, 5) is 14.8. The topological polar surface area (TPSA) is 20.3 Å². The van der Waals surface area contributed by atoms with Gasteiger partial charge in [-0.15, -0.1) is 11.3 Å². The maximum atomic E-state index is 12.2. The van der Waals surface area contributed by atoms with Crippen LogP contribution in [0.5, 0.6) is 0 Å². The molecule has 1 aromatic carbocycles. The fourth-order valence-electron chi connectivity index (χ4n) is 1.73. The van der Waals surface area contributed by atoms with Crippen molar-refractivity contribution in [3.63, 3.8) is 0 Å². The van der Waals surface area contributed by atoms with Crippen molar-refractivity contribution in [2.45, 2.75) is 13.5 Å². The lowest BCUT2D eigenvalue weighted by atomic mass is 10.1. The van der Waals surface area contributed by atoms with E-state index >= 15 is 0 Å². The number of amides is 1. The number of carbonyl (C=O) groups is 1. The van der Waals surface area contributed by atoms with Crippen LogP contribution in [0.2, 0.25) is 0 Å². The first kappa shape index (κ1) is 13.3. The quantitative estimate of drug-likeness (QED) is 0.833. The van der Waals surface area contributed by atoms with Crippen molar-refractivity contribution in [2.75, 3.05) is 7.05 Å². The van der Waals surface area contributed by atoms with Gasteiger partial charge in [0.15, 0.2) is 0 Å². The Kier molecular flexibility index (Phi) is 4.19. The van der Waals surface area contributed by atoms with Crippen molar-refractivity contribution in [1.29, 1.82) is 0 Å². The third kappa shape index (κ3) is 2.82. The largest absolute Gasteiger partial charge is 0.337 e. The maximum absolute atomic E-state index is 12.2. The van der Waals surface area contributed by atoms with E-state index in [-0.39, 0.29) is 5.91 Å². The Hall–Kier alpha value is -1.13. The van der Waals surface area contributed by atoms with E-state index in [0.29, 0.717) is 6.54 Å². The molecule has 0 atom stereocenters. The molecule has 0 radical (unpaired) electrons. The number of aryl methyl sites for hydroxylation is 1. The molecule has 2 rings (SSSR count). The minimum Gasteiger partial charge on any atom is -0.337 e. The number of halogens is 1. The van der Waals surface area contributed by atoms with E-state index in [2.05, 4.69) is 35.0 Å². The van der Waals surface area contributed by atoms with Gasteiger partial charge in [-0.2, -0.15) is 0 Å². The molecule has 0 unspecified atom stereocenters. The minimum absolute atomic E-state index is 0.0557. The van der Waals surface area contributed by atoms with Crippen LogP contribution >= 0.6 is 27.3 Å². The molecular weight excluding hydrogens is 310 g/mol. The van der Waals surface area contributed by atoms with E-state index in [1.807, 2.05) is 30.6 Å². The highest BCUT2D eigenvalue weighted by Crippen LogP contribution is 2.24. The molecule has 0 N–H and O–H groups in total. The fourth-order valence-corrected chi connectivity index (χ4v) is 3.27. The highest BCUT2D eigenvalue weighted by Gasteiger charge is 2.16. The van der Waals surface area contributed by atoms with Crippen LogP contribution in [0.3, 0.4) is 0 Å². The summed E-state index contributed by atoms with van der Waals surface area (Å²) in [5, 5.41) is 1.92. The van der Waals surface area contributed by atoms with Crippen LogP contribution in [0.15, 0.2) is 40.2 Å². The van der Waals surface area contributed by atoms with Gasteiger partial charge in [0.05, 0.1) is 0 Å². The van der Waals surface area contributed by atoms with Gasteiger partial charge in [-0.1, -0.05) is 24.3 Å². The predicted molar refractivity (Wildman–Crippen MR) is 79.0 cm³/mol. The smallest absolute Gasteiger partial charge is 0.265 e. The van der Waals surface area contributed by atoms with Crippen molar-refractivity contribution in [2.24, 2.45) is 0 Å². The van der Waals surface area contributed by atoms with Gasteiger partial charge < -0.3 is 4.90 Å². The third-order valence-corrected chi connectivity index (χ3v) is 4.65. The van der Waals surface area contributed by atoms with Gasteiger partial charge in [-0.25, -0.2) is 0 Å². The van der Waals surface area contributed by atoms with E-state index in [0.717, 1.165) is 9.35 Å². The molecule has 4 heteroatoms. The first-order valence-corrected chi connectivity index (χ1v) is 7.30. The monoisotopic (exact) mass is 323 g/mol. The lowest BCUT2D eigenvalue weighted by Gasteiger charge is -2.18. The number of carbonyl (C=O) groups excluding carboxylic acids is 1. The Morgan fingerprint density at radius 1 is 1.33 bits per heavy atom. The molecule has 1 heterocycles. The van der Waals surface area contributed by atoms with E-state index in [9.17, 15) is 4.79 Å². The molecule has 0 bridgehead atoms. The van der Waals surface area contributed by atoms with E-state index < -0.39 is 0 Å². The van der Waals surface area contributed by atoms with Gasteiger partial charge in [0.25, 0.3) is 5.91 Å². The minimum atomic E-state index is 0.0557. The summed E-state index contributed by atoms with van der Waals surface area (Å²) in [7, 11) is 1.83. The second-order valence-corrected chi connectivity index (χ2v) is 5.96. The Morgan fingerprint density at radius 3 is 2.67 bits per heavy atom. The zero-order valence-corrected chi connectivity index (χ0v) is 12.7. The average molecular weight is 324 g/mol. The van der Waals surface area contributed by atoms with Crippen LogP contribution in [0, 0.1) is 6.92 Å². The Morgan fingerprint density at radius 2 is 2.06 bits per heavy atom. The molecule has 94 valence electrons. The van der Waals surface area contributed by atoms with Gasteiger partial charge in [-0.05, 0) is 45.4 Å². The molecule has 1 amide bonds. The summed E-state index contributed by atoms with van der Waals surface area (Å²) in [6.07, 6.45) is 0. The van der Waals surface area contributed by atoms with Gasteiger partial charge in [0, 0.05) is 18.1 Å². The number of hydrogen-bond acceptors (Lipinski definition) is 2. The summed E-state index contributed by atoms with van der Waals surface area (Å²) < 4.78 is 0.870. The lowest BCUT2D eigenvalue weighted by Crippen LogP contribution is -2.26. The molecule has 0 aliphatic rings. The Balaban J connectivity index is 2.14. The number of nitrogens with zero attached hydrogens (tertiary/aromatic N) is 1. The first-order chi connectivity index (χ1) is 8.59. The average Bonchev–Trinajstić information content (AvgIpc) is 2.77. The van der Waals surface area contributed by atoms with Gasteiger partial charge in [-0.3, -0.25) is 4.79 Å². The van der Waals surface area contributed by atoms with Crippen LogP contribution in [-0.4, -0.2) is 17.9 Å². The number of thiophene rings is 1. The maximum Gasteiger partial charge on any atom is 0.265 e. The lowest BCUT2D eigenvalue weighted by molar-refractivity contribution is 0.0789. The van der Waals surface area contributed by atoms with Crippen molar-refractivity contribution < 1.29 is 4.79 Å². The normalized spacial score (nSPS) is 10.4. The van der Waals surface area contributed by atoms with Crippen molar-refractivity contribution in [3.8, 4) is 0 Å². The van der Waals surface area contributed by atoms with Crippen molar-refractivity contribution in [1.82, 2.24) is 4.90 Å². The molecule has 18 heavy (non-hydrogen) atoms. The number of rotatable bonds is 3.